The molecule has 1 amide bonds. The van der Waals surface area contributed by atoms with Gasteiger partial charge in [-0.3, -0.25) is 4.79 Å². The van der Waals surface area contributed by atoms with Crippen LogP contribution in [0.5, 0.6) is 11.5 Å². The predicted molar refractivity (Wildman–Crippen MR) is 90.4 cm³/mol. The first-order valence-electron chi connectivity index (χ1n) is 7.34. The van der Waals surface area contributed by atoms with Gasteiger partial charge in [0.25, 0.3) is 0 Å². The molecule has 0 radical (unpaired) electrons. The molecule has 3 rings (SSSR count). The Hall–Kier alpha value is -2.34. The molecule has 6 heteroatoms. The third-order valence-corrected chi connectivity index (χ3v) is 4.59. The van der Waals surface area contributed by atoms with Crippen LogP contribution in [0, 0.1) is 0 Å². The van der Waals surface area contributed by atoms with E-state index in [0.717, 1.165) is 27.7 Å². The van der Waals surface area contributed by atoms with Gasteiger partial charge in [0.15, 0.2) is 0 Å². The van der Waals surface area contributed by atoms with Crippen molar-refractivity contribution in [2.24, 2.45) is 5.10 Å². The zero-order valence-electron chi connectivity index (χ0n) is 13.1. The van der Waals surface area contributed by atoms with Crippen LogP contribution in [0.15, 0.2) is 40.8 Å². The minimum Gasteiger partial charge on any atom is -0.497 e. The molecule has 0 fully saturated rings. The fourth-order valence-electron chi connectivity index (χ4n) is 2.52. The Labute approximate surface area is 139 Å². The summed E-state index contributed by atoms with van der Waals surface area (Å²) in [5.74, 6) is 1.49. The number of carbonyl (C=O) groups excluding carboxylic acids is 1. The number of ether oxygens (including phenoxy) is 2. The van der Waals surface area contributed by atoms with Crippen molar-refractivity contribution < 1.29 is 14.3 Å². The highest BCUT2D eigenvalue weighted by Crippen LogP contribution is 2.28. The van der Waals surface area contributed by atoms with Gasteiger partial charge >= 0.3 is 0 Å². The van der Waals surface area contributed by atoms with Crippen LogP contribution >= 0.6 is 11.3 Å². The van der Waals surface area contributed by atoms with E-state index in [1.807, 2.05) is 35.7 Å². The third kappa shape index (κ3) is 3.37. The van der Waals surface area contributed by atoms with Crippen molar-refractivity contribution in [3.8, 4) is 11.5 Å². The Kier molecular flexibility index (Phi) is 4.62. The summed E-state index contributed by atoms with van der Waals surface area (Å²) in [6.45, 7) is 0.597. The maximum atomic E-state index is 12.3. The van der Waals surface area contributed by atoms with Crippen molar-refractivity contribution >= 4 is 23.0 Å². The molecule has 0 atom stereocenters. The number of hydrogen-bond donors (Lipinski definition) is 0. The van der Waals surface area contributed by atoms with E-state index in [1.54, 1.807) is 30.6 Å². The SMILES string of the molecule is COc1ccc(OC)c(C2=NN(C(=O)Cc3cccs3)CC2)c1. The van der Waals surface area contributed by atoms with Crippen molar-refractivity contribution in [3.05, 3.63) is 46.2 Å². The number of amides is 1. The number of benzene rings is 1. The molecular formula is C17H18N2O3S. The second-order valence-electron chi connectivity index (χ2n) is 5.14. The summed E-state index contributed by atoms with van der Waals surface area (Å²) in [5, 5.41) is 8.02. The zero-order valence-corrected chi connectivity index (χ0v) is 13.9. The Morgan fingerprint density at radius 3 is 2.87 bits per heavy atom. The summed E-state index contributed by atoms with van der Waals surface area (Å²) in [5.41, 5.74) is 1.72. The molecule has 5 nitrogen and oxygen atoms in total. The largest absolute Gasteiger partial charge is 0.497 e. The monoisotopic (exact) mass is 330 g/mol. The zero-order chi connectivity index (χ0) is 16.2. The number of hydrazone groups is 1. The van der Waals surface area contributed by atoms with E-state index in [4.69, 9.17) is 9.47 Å². The van der Waals surface area contributed by atoms with Crippen LogP contribution in [-0.2, 0) is 11.2 Å². The lowest BCUT2D eigenvalue weighted by molar-refractivity contribution is -0.129. The number of rotatable bonds is 5. The highest BCUT2D eigenvalue weighted by molar-refractivity contribution is 7.10. The summed E-state index contributed by atoms with van der Waals surface area (Å²) in [6, 6.07) is 9.51. The van der Waals surface area contributed by atoms with Crippen molar-refractivity contribution in [1.82, 2.24) is 5.01 Å². The maximum absolute atomic E-state index is 12.3. The summed E-state index contributed by atoms with van der Waals surface area (Å²) >= 11 is 1.59. The molecule has 1 aliphatic heterocycles. The standard InChI is InChI=1S/C17H18N2O3S/c1-21-12-5-6-16(22-2)14(10-12)15-7-8-19(18-15)17(20)11-13-4-3-9-23-13/h3-6,9-10H,7-8,11H2,1-2H3. The minimum absolute atomic E-state index is 0.0179. The smallest absolute Gasteiger partial charge is 0.247 e. The summed E-state index contributed by atoms with van der Waals surface area (Å²) in [7, 11) is 3.25. The van der Waals surface area contributed by atoms with Gasteiger partial charge in [-0.15, -0.1) is 11.3 Å². The topological polar surface area (TPSA) is 51.1 Å². The van der Waals surface area contributed by atoms with Gasteiger partial charge in [0.1, 0.15) is 11.5 Å². The average molecular weight is 330 g/mol. The van der Waals surface area contributed by atoms with Gasteiger partial charge < -0.3 is 9.47 Å². The van der Waals surface area contributed by atoms with Gasteiger partial charge in [0.2, 0.25) is 5.91 Å². The number of hydrogen-bond acceptors (Lipinski definition) is 5. The highest BCUT2D eigenvalue weighted by Gasteiger charge is 2.24. The van der Waals surface area contributed by atoms with Gasteiger partial charge in [-0.05, 0) is 29.6 Å². The average Bonchev–Trinajstić information content (AvgIpc) is 3.25. The van der Waals surface area contributed by atoms with E-state index >= 15 is 0 Å². The first-order valence-corrected chi connectivity index (χ1v) is 8.22. The van der Waals surface area contributed by atoms with E-state index in [9.17, 15) is 4.79 Å². The van der Waals surface area contributed by atoms with E-state index < -0.39 is 0 Å². The van der Waals surface area contributed by atoms with Gasteiger partial charge in [-0.1, -0.05) is 6.07 Å². The molecule has 1 aromatic carbocycles. The van der Waals surface area contributed by atoms with Gasteiger partial charge in [-0.2, -0.15) is 5.10 Å². The van der Waals surface area contributed by atoms with E-state index in [2.05, 4.69) is 5.10 Å². The van der Waals surface area contributed by atoms with Crippen LogP contribution < -0.4 is 9.47 Å². The molecule has 0 unspecified atom stereocenters. The molecular weight excluding hydrogens is 312 g/mol. The lowest BCUT2D eigenvalue weighted by Crippen LogP contribution is -2.24. The Morgan fingerprint density at radius 2 is 2.17 bits per heavy atom. The van der Waals surface area contributed by atoms with Gasteiger partial charge in [0.05, 0.1) is 32.9 Å². The second-order valence-corrected chi connectivity index (χ2v) is 6.17. The number of carbonyl (C=O) groups is 1. The van der Waals surface area contributed by atoms with Crippen LogP contribution in [0.1, 0.15) is 16.9 Å². The highest BCUT2D eigenvalue weighted by atomic mass is 32.1. The van der Waals surface area contributed by atoms with E-state index in [0.29, 0.717) is 19.4 Å². The van der Waals surface area contributed by atoms with Crippen molar-refractivity contribution in [2.45, 2.75) is 12.8 Å². The molecule has 0 bridgehead atoms. The lowest BCUT2D eigenvalue weighted by Gasteiger charge is -2.11. The minimum atomic E-state index is 0.0179. The molecule has 0 aliphatic carbocycles. The van der Waals surface area contributed by atoms with Gasteiger partial charge in [-0.25, -0.2) is 5.01 Å². The molecule has 1 aliphatic rings. The number of methoxy groups -OCH3 is 2. The Morgan fingerprint density at radius 1 is 1.30 bits per heavy atom. The molecule has 0 spiro atoms. The van der Waals surface area contributed by atoms with Crippen LogP contribution in [0.2, 0.25) is 0 Å². The molecule has 0 N–H and O–H groups in total. The fourth-order valence-corrected chi connectivity index (χ4v) is 3.22. The van der Waals surface area contributed by atoms with Crippen LogP contribution in [0.25, 0.3) is 0 Å². The van der Waals surface area contributed by atoms with Crippen LogP contribution in [0.3, 0.4) is 0 Å². The van der Waals surface area contributed by atoms with Gasteiger partial charge in [0, 0.05) is 16.9 Å². The Bertz CT molecular complexity index is 725. The molecule has 120 valence electrons. The quantitative estimate of drug-likeness (QED) is 0.847. The van der Waals surface area contributed by atoms with Crippen molar-refractivity contribution in [2.75, 3.05) is 20.8 Å². The normalized spacial score (nSPS) is 13.8. The maximum Gasteiger partial charge on any atom is 0.247 e. The first-order chi connectivity index (χ1) is 11.2. The number of thiophene rings is 1. The molecule has 0 saturated heterocycles. The van der Waals surface area contributed by atoms with Crippen molar-refractivity contribution in [3.63, 3.8) is 0 Å². The number of nitrogens with zero attached hydrogens (tertiary/aromatic N) is 2. The summed E-state index contributed by atoms with van der Waals surface area (Å²) < 4.78 is 10.7. The first kappa shape index (κ1) is 15.6. The van der Waals surface area contributed by atoms with Crippen LogP contribution in [0.4, 0.5) is 0 Å². The molecule has 0 saturated carbocycles. The van der Waals surface area contributed by atoms with E-state index in [-0.39, 0.29) is 5.91 Å². The van der Waals surface area contributed by atoms with E-state index in [1.165, 1.54) is 0 Å². The lowest BCUT2D eigenvalue weighted by atomic mass is 10.1. The molecule has 23 heavy (non-hydrogen) atoms. The Balaban J connectivity index is 1.80. The second kappa shape index (κ2) is 6.83. The molecule has 2 aromatic rings. The molecule has 1 aromatic heterocycles. The fraction of sp³-hybridized carbons (Fsp3) is 0.294. The summed E-state index contributed by atoms with van der Waals surface area (Å²) in [4.78, 5) is 13.4. The summed E-state index contributed by atoms with van der Waals surface area (Å²) in [6.07, 6.45) is 1.10. The van der Waals surface area contributed by atoms with Crippen LogP contribution in [-0.4, -0.2) is 37.4 Å². The predicted octanol–water partition coefficient (Wildman–Crippen LogP) is 2.94. The van der Waals surface area contributed by atoms with Crippen molar-refractivity contribution in [1.29, 1.82) is 0 Å². The third-order valence-electron chi connectivity index (χ3n) is 3.71. The molecule has 2 heterocycles.